The zero-order valence-corrected chi connectivity index (χ0v) is 17.3. The minimum Gasteiger partial charge on any atom is -0.341 e. The quantitative estimate of drug-likeness (QED) is 0.626. The number of aromatic nitrogens is 2. The van der Waals surface area contributed by atoms with Crippen molar-refractivity contribution in [3.63, 3.8) is 0 Å². The predicted molar refractivity (Wildman–Crippen MR) is 121 cm³/mol. The molecule has 0 unspecified atom stereocenters. The molecule has 30 heavy (non-hydrogen) atoms. The van der Waals surface area contributed by atoms with Crippen LogP contribution in [0, 0.1) is 6.92 Å². The molecule has 1 aromatic heterocycles. The lowest BCUT2D eigenvalue weighted by molar-refractivity contribution is -0.115. The minimum absolute atomic E-state index is 0.0282. The molecular formula is C24H27N5O. The van der Waals surface area contributed by atoms with Crippen molar-refractivity contribution in [3.05, 3.63) is 71.9 Å². The van der Waals surface area contributed by atoms with E-state index in [-0.39, 0.29) is 5.91 Å². The second kappa shape index (κ2) is 9.39. The predicted octanol–water partition coefficient (Wildman–Crippen LogP) is 4.70. The number of hydrogen-bond acceptors (Lipinski definition) is 5. The lowest BCUT2D eigenvalue weighted by Crippen LogP contribution is -2.31. The van der Waals surface area contributed by atoms with Gasteiger partial charge in [-0.25, -0.2) is 4.98 Å². The van der Waals surface area contributed by atoms with Crippen LogP contribution < -0.4 is 15.5 Å². The normalized spacial score (nSPS) is 13.7. The van der Waals surface area contributed by atoms with Crippen LogP contribution in [0.15, 0.2) is 60.7 Å². The molecular weight excluding hydrogens is 374 g/mol. The molecule has 3 aromatic rings. The number of piperidine rings is 1. The van der Waals surface area contributed by atoms with Crippen molar-refractivity contribution in [1.29, 1.82) is 0 Å². The Morgan fingerprint density at radius 1 is 0.933 bits per heavy atom. The van der Waals surface area contributed by atoms with E-state index in [1.54, 1.807) is 0 Å². The molecule has 1 amide bonds. The topological polar surface area (TPSA) is 70.2 Å². The fourth-order valence-electron chi connectivity index (χ4n) is 3.62. The van der Waals surface area contributed by atoms with Crippen LogP contribution >= 0.6 is 0 Å². The van der Waals surface area contributed by atoms with Gasteiger partial charge in [-0.15, -0.1) is 0 Å². The van der Waals surface area contributed by atoms with Gasteiger partial charge in [0.2, 0.25) is 11.9 Å². The van der Waals surface area contributed by atoms with Crippen molar-refractivity contribution in [2.45, 2.75) is 32.6 Å². The number of benzene rings is 2. The van der Waals surface area contributed by atoms with Gasteiger partial charge in [-0.3, -0.25) is 4.79 Å². The minimum atomic E-state index is -0.0282. The molecule has 6 nitrogen and oxygen atoms in total. The molecule has 0 bridgehead atoms. The second-order valence-electron chi connectivity index (χ2n) is 7.66. The van der Waals surface area contributed by atoms with Gasteiger partial charge in [0.25, 0.3) is 0 Å². The van der Waals surface area contributed by atoms with Crippen LogP contribution in [0.25, 0.3) is 0 Å². The summed E-state index contributed by atoms with van der Waals surface area (Å²) in [6.45, 7) is 4.02. The van der Waals surface area contributed by atoms with Crippen molar-refractivity contribution >= 4 is 29.0 Å². The van der Waals surface area contributed by atoms with E-state index in [4.69, 9.17) is 4.98 Å². The molecule has 154 valence electrons. The molecule has 0 atom stereocenters. The number of anilines is 4. The lowest BCUT2D eigenvalue weighted by Gasteiger charge is -2.27. The third-order valence-electron chi connectivity index (χ3n) is 5.13. The van der Waals surface area contributed by atoms with Crippen molar-refractivity contribution in [2.75, 3.05) is 28.6 Å². The van der Waals surface area contributed by atoms with Gasteiger partial charge in [-0.2, -0.15) is 4.98 Å². The summed E-state index contributed by atoms with van der Waals surface area (Å²) < 4.78 is 0. The molecule has 1 aliphatic rings. The monoisotopic (exact) mass is 401 g/mol. The van der Waals surface area contributed by atoms with Gasteiger partial charge in [0.1, 0.15) is 5.82 Å². The highest BCUT2D eigenvalue weighted by atomic mass is 16.1. The first-order valence-electron chi connectivity index (χ1n) is 10.5. The SMILES string of the molecule is Cc1cc(Nc2ccc(NC(=O)Cc3ccccc3)cc2)nc(N2CCCCC2)n1. The Morgan fingerprint density at radius 2 is 1.63 bits per heavy atom. The Kier molecular flexibility index (Phi) is 6.23. The molecule has 0 aliphatic carbocycles. The van der Waals surface area contributed by atoms with E-state index in [0.29, 0.717) is 6.42 Å². The summed E-state index contributed by atoms with van der Waals surface area (Å²) in [5.41, 5.74) is 3.63. The van der Waals surface area contributed by atoms with Crippen LogP contribution in [0.5, 0.6) is 0 Å². The Bertz CT molecular complexity index is 982. The van der Waals surface area contributed by atoms with E-state index in [1.807, 2.05) is 67.6 Å². The molecule has 2 N–H and O–H groups in total. The third kappa shape index (κ3) is 5.35. The van der Waals surface area contributed by atoms with Gasteiger partial charge in [0, 0.05) is 36.2 Å². The Balaban J connectivity index is 1.38. The highest BCUT2D eigenvalue weighted by molar-refractivity contribution is 5.92. The Labute approximate surface area is 177 Å². The standard InChI is InChI=1S/C24H27N5O/c1-18-16-22(28-24(25-18)29-14-6-3-7-15-29)26-20-10-12-21(13-11-20)27-23(30)17-19-8-4-2-5-9-19/h2,4-5,8-13,16H,3,6-7,14-15,17H2,1H3,(H,27,30)(H,25,26,28). The van der Waals surface area contributed by atoms with Crippen molar-refractivity contribution in [3.8, 4) is 0 Å². The summed E-state index contributed by atoms with van der Waals surface area (Å²) in [7, 11) is 0. The maximum atomic E-state index is 12.2. The van der Waals surface area contributed by atoms with Crippen molar-refractivity contribution in [2.24, 2.45) is 0 Å². The molecule has 2 heterocycles. The van der Waals surface area contributed by atoms with Gasteiger partial charge in [0.05, 0.1) is 6.42 Å². The fourth-order valence-corrected chi connectivity index (χ4v) is 3.62. The number of aryl methyl sites for hydroxylation is 1. The van der Waals surface area contributed by atoms with Gasteiger partial charge in [0.15, 0.2) is 0 Å². The van der Waals surface area contributed by atoms with E-state index in [9.17, 15) is 4.79 Å². The van der Waals surface area contributed by atoms with E-state index < -0.39 is 0 Å². The second-order valence-corrected chi connectivity index (χ2v) is 7.66. The highest BCUT2D eigenvalue weighted by Gasteiger charge is 2.14. The maximum Gasteiger partial charge on any atom is 0.228 e. The van der Waals surface area contributed by atoms with Crippen molar-refractivity contribution < 1.29 is 4.79 Å². The maximum absolute atomic E-state index is 12.2. The third-order valence-corrected chi connectivity index (χ3v) is 5.13. The number of carbonyl (C=O) groups excluding carboxylic acids is 1. The van der Waals surface area contributed by atoms with E-state index >= 15 is 0 Å². The first kappa shape index (κ1) is 19.9. The first-order valence-corrected chi connectivity index (χ1v) is 10.5. The molecule has 0 spiro atoms. The van der Waals surface area contributed by atoms with Crippen LogP contribution in [0.2, 0.25) is 0 Å². The van der Waals surface area contributed by atoms with Gasteiger partial charge >= 0.3 is 0 Å². The fraction of sp³-hybridized carbons (Fsp3) is 0.292. The molecule has 1 aliphatic heterocycles. The molecule has 0 radical (unpaired) electrons. The lowest BCUT2D eigenvalue weighted by atomic mass is 10.1. The van der Waals surface area contributed by atoms with Crippen LogP contribution in [0.3, 0.4) is 0 Å². The number of carbonyl (C=O) groups is 1. The zero-order valence-electron chi connectivity index (χ0n) is 17.3. The number of hydrogen-bond donors (Lipinski definition) is 2. The Hall–Kier alpha value is -3.41. The summed E-state index contributed by atoms with van der Waals surface area (Å²) in [4.78, 5) is 23.8. The zero-order chi connectivity index (χ0) is 20.8. The summed E-state index contributed by atoms with van der Waals surface area (Å²) in [5, 5.41) is 6.30. The van der Waals surface area contributed by atoms with E-state index in [2.05, 4.69) is 20.5 Å². The molecule has 2 aromatic carbocycles. The summed E-state index contributed by atoms with van der Waals surface area (Å²) in [5.74, 6) is 1.55. The molecule has 1 saturated heterocycles. The van der Waals surface area contributed by atoms with Crippen LogP contribution in [0.4, 0.5) is 23.1 Å². The van der Waals surface area contributed by atoms with Crippen LogP contribution in [0.1, 0.15) is 30.5 Å². The molecule has 0 saturated carbocycles. The largest absolute Gasteiger partial charge is 0.341 e. The summed E-state index contributed by atoms with van der Waals surface area (Å²) in [6, 6.07) is 19.3. The van der Waals surface area contributed by atoms with E-state index in [1.165, 1.54) is 19.3 Å². The van der Waals surface area contributed by atoms with Crippen molar-refractivity contribution in [1.82, 2.24) is 9.97 Å². The van der Waals surface area contributed by atoms with Crippen LogP contribution in [-0.2, 0) is 11.2 Å². The van der Waals surface area contributed by atoms with Gasteiger partial charge in [-0.1, -0.05) is 30.3 Å². The summed E-state index contributed by atoms with van der Waals surface area (Å²) in [6.07, 6.45) is 4.02. The molecule has 6 heteroatoms. The van der Waals surface area contributed by atoms with Gasteiger partial charge < -0.3 is 15.5 Å². The number of nitrogens with one attached hydrogen (secondary N) is 2. The smallest absolute Gasteiger partial charge is 0.228 e. The van der Waals surface area contributed by atoms with Crippen LogP contribution in [-0.4, -0.2) is 29.0 Å². The summed E-state index contributed by atoms with van der Waals surface area (Å²) >= 11 is 0. The Morgan fingerprint density at radius 3 is 2.37 bits per heavy atom. The average molecular weight is 402 g/mol. The van der Waals surface area contributed by atoms with E-state index in [0.717, 1.165) is 47.5 Å². The number of rotatable bonds is 6. The van der Waals surface area contributed by atoms with Gasteiger partial charge in [-0.05, 0) is 56.0 Å². The molecule has 1 fully saturated rings. The highest BCUT2D eigenvalue weighted by Crippen LogP contribution is 2.22. The molecule has 4 rings (SSSR count). The first-order chi connectivity index (χ1) is 14.7. The number of amides is 1. The number of nitrogens with zero attached hydrogens (tertiary/aromatic N) is 3. The average Bonchev–Trinajstić information content (AvgIpc) is 2.76.